The summed E-state index contributed by atoms with van der Waals surface area (Å²) >= 11 is 0. The van der Waals surface area contributed by atoms with Gasteiger partial charge in [0.2, 0.25) is 0 Å². The maximum atomic E-state index is 5.27. The summed E-state index contributed by atoms with van der Waals surface area (Å²) in [6.45, 7) is 36.9. The lowest BCUT2D eigenvalue weighted by Crippen LogP contribution is -2.68. The van der Waals surface area contributed by atoms with Gasteiger partial charge in [-0.15, -0.1) is 0 Å². The zero-order chi connectivity index (χ0) is 20.6. The van der Waals surface area contributed by atoms with Crippen LogP contribution in [0.15, 0.2) is 4.85 Å². The molecule has 0 aliphatic carbocycles. The van der Waals surface area contributed by atoms with E-state index >= 15 is 0 Å². The average molecular weight is 453 g/mol. The highest BCUT2D eigenvalue weighted by molar-refractivity contribution is 7.28. The normalized spacial score (nSPS) is 15.9. The zero-order valence-corrected chi connectivity index (χ0v) is 25.6. The maximum absolute atomic E-state index is 5.27. The van der Waals surface area contributed by atoms with Crippen LogP contribution in [-0.2, 0) is 0 Å². The molecule has 0 saturated heterocycles. The Balaban J connectivity index is 6.17. The van der Waals surface area contributed by atoms with Crippen molar-refractivity contribution in [3.63, 3.8) is 0 Å². The SMILES string of the molecule is C[Si](C)(C)N(P=NN([Si](C)(C)C)[Si](C)(C)C)N([Si](C)(C)C)[Si](C)(C)C. The number of rotatable bonds is 8. The quantitative estimate of drug-likeness (QED) is 0.226. The highest BCUT2D eigenvalue weighted by Gasteiger charge is 2.43. The molecule has 0 N–H and O–H groups in total. The molecule has 0 aromatic heterocycles. The van der Waals surface area contributed by atoms with E-state index in [1.54, 1.807) is 0 Å². The monoisotopic (exact) mass is 452 g/mol. The molecule has 0 rings (SSSR count). The fraction of sp³-hybridized carbons (Fsp3) is 1.00. The van der Waals surface area contributed by atoms with Crippen molar-refractivity contribution in [1.29, 1.82) is 0 Å². The number of nitrogens with zero attached hydrogens (tertiary/aromatic N) is 4. The molecule has 0 aliphatic rings. The molecule has 10 heteroatoms. The van der Waals surface area contributed by atoms with Crippen molar-refractivity contribution in [3.8, 4) is 0 Å². The van der Waals surface area contributed by atoms with Gasteiger partial charge in [0, 0.05) is 0 Å². The molecule has 25 heavy (non-hydrogen) atoms. The van der Waals surface area contributed by atoms with E-state index in [-0.39, 0.29) is 0 Å². The van der Waals surface area contributed by atoms with Gasteiger partial charge in [0.05, 0.1) is 0 Å². The molecular formula is C15H45N4PSi5. The van der Waals surface area contributed by atoms with Gasteiger partial charge in [-0.25, -0.2) is 8.79 Å². The van der Waals surface area contributed by atoms with Gasteiger partial charge >= 0.3 is 0 Å². The first-order chi connectivity index (χ1) is 10.6. The molecule has 0 spiro atoms. The summed E-state index contributed by atoms with van der Waals surface area (Å²) in [5.74, 6) is 0. The topological polar surface area (TPSA) is 22.1 Å². The third-order valence-electron chi connectivity index (χ3n) is 3.55. The van der Waals surface area contributed by atoms with Crippen molar-refractivity contribution in [2.75, 3.05) is 0 Å². The molecule has 0 amide bonds. The van der Waals surface area contributed by atoms with Gasteiger partial charge in [-0.1, -0.05) is 98.2 Å². The Hall–Kier alpha value is 1.06. The lowest BCUT2D eigenvalue weighted by atomic mass is 11.8. The standard InChI is InChI=1S/C15H45N4PSi5/c1-21(2,3)17(22(4,5)6)16-20-18(23(7,8)9)19(24(10,11)12)25(13,14)15/h1-15H3. The molecular weight excluding hydrogens is 408 g/mol. The minimum atomic E-state index is -1.53. The Morgan fingerprint density at radius 3 is 1.00 bits per heavy atom. The highest BCUT2D eigenvalue weighted by atomic mass is 31.1. The van der Waals surface area contributed by atoms with Crippen LogP contribution < -0.4 is 0 Å². The van der Waals surface area contributed by atoms with Crippen LogP contribution in [0.4, 0.5) is 0 Å². The van der Waals surface area contributed by atoms with Crippen LogP contribution in [0.1, 0.15) is 0 Å². The molecule has 0 unspecified atom stereocenters. The molecule has 0 bridgehead atoms. The smallest absolute Gasteiger partial charge is 0.149 e. The summed E-state index contributed by atoms with van der Waals surface area (Å²) in [7, 11) is -6.23. The van der Waals surface area contributed by atoms with Crippen LogP contribution in [0.2, 0.25) is 98.2 Å². The van der Waals surface area contributed by atoms with Crippen molar-refractivity contribution >= 4 is 49.7 Å². The summed E-state index contributed by atoms with van der Waals surface area (Å²) in [6, 6.07) is 0. The summed E-state index contributed by atoms with van der Waals surface area (Å²) in [5.41, 5.74) is 0. The summed E-state index contributed by atoms with van der Waals surface area (Å²) in [5, 5.41) is 0. The van der Waals surface area contributed by atoms with E-state index in [9.17, 15) is 0 Å². The van der Waals surface area contributed by atoms with Gasteiger partial charge in [-0.2, -0.15) is 4.85 Å². The molecule has 0 saturated carbocycles. The molecule has 0 aliphatic heterocycles. The third kappa shape index (κ3) is 8.31. The van der Waals surface area contributed by atoms with Crippen LogP contribution in [0.3, 0.4) is 0 Å². The van der Waals surface area contributed by atoms with E-state index in [2.05, 4.69) is 111 Å². The van der Waals surface area contributed by atoms with Crippen molar-refractivity contribution in [2.24, 2.45) is 4.85 Å². The summed E-state index contributed by atoms with van der Waals surface area (Å²) in [6.07, 6.45) is 0. The minimum absolute atomic E-state index is 1.15. The Labute approximate surface area is 165 Å². The largest absolute Gasteiger partial charge is 0.282 e. The fourth-order valence-electron chi connectivity index (χ4n) is 3.40. The molecule has 0 heterocycles. The van der Waals surface area contributed by atoms with E-state index in [0.717, 1.165) is 8.52 Å². The van der Waals surface area contributed by atoms with E-state index in [1.807, 2.05) is 0 Å². The Bertz CT molecular complexity index is 439. The van der Waals surface area contributed by atoms with Crippen molar-refractivity contribution < 1.29 is 0 Å². The van der Waals surface area contributed by atoms with Gasteiger partial charge in [0.1, 0.15) is 49.7 Å². The van der Waals surface area contributed by atoms with E-state index in [1.165, 1.54) is 0 Å². The van der Waals surface area contributed by atoms with E-state index < -0.39 is 41.2 Å². The van der Waals surface area contributed by atoms with Crippen LogP contribution in [-0.4, -0.2) is 54.3 Å². The second-order valence-corrected chi connectivity index (χ2v) is 37.8. The first-order valence-electron chi connectivity index (χ1n) is 9.42. The Kier molecular flexibility index (Phi) is 8.55. The molecule has 0 aromatic carbocycles. The Morgan fingerprint density at radius 1 is 0.480 bits per heavy atom. The lowest BCUT2D eigenvalue weighted by Gasteiger charge is -2.52. The average Bonchev–Trinajstić information content (AvgIpc) is 2.17. The molecule has 150 valence electrons. The van der Waals surface area contributed by atoms with Gasteiger partial charge in [0.25, 0.3) is 0 Å². The van der Waals surface area contributed by atoms with Gasteiger partial charge in [-0.3, -0.25) is 4.34 Å². The summed E-state index contributed by atoms with van der Waals surface area (Å²) < 4.78 is 8.13. The number of hydrogen-bond donors (Lipinski definition) is 0. The van der Waals surface area contributed by atoms with Crippen LogP contribution >= 0.6 is 8.52 Å². The van der Waals surface area contributed by atoms with E-state index in [0.29, 0.717) is 0 Å². The van der Waals surface area contributed by atoms with E-state index in [4.69, 9.17) is 4.85 Å². The van der Waals surface area contributed by atoms with Crippen LogP contribution in [0, 0.1) is 0 Å². The molecule has 4 nitrogen and oxygen atoms in total. The maximum Gasteiger partial charge on any atom is 0.149 e. The van der Waals surface area contributed by atoms with Crippen molar-refractivity contribution in [1.82, 2.24) is 13.1 Å². The predicted octanol–water partition coefficient (Wildman–Crippen LogP) is 6.94. The number of hydrogen-bond acceptors (Lipinski definition) is 2. The predicted molar refractivity (Wildman–Crippen MR) is 132 cm³/mol. The lowest BCUT2D eigenvalue weighted by molar-refractivity contribution is 0.387. The first-order valence-corrected chi connectivity index (χ1v) is 27.5. The van der Waals surface area contributed by atoms with Crippen LogP contribution in [0.25, 0.3) is 0 Å². The minimum Gasteiger partial charge on any atom is -0.282 e. The van der Waals surface area contributed by atoms with Crippen molar-refractivity contribution in [2.45, 2.75) is 98.2 Å². The first kappa shape index (κ1) is 26.1. The van der Waals surface area contributed by atoms with Gasteiger partial charge < -0.3 is 0 Å². The molecule has 0 fully saturated rings. The number of hydrazine groups is 1. The molecule has 0 aromatic rings. The molecule has 0 atom stereocenters. The fourth-order valence-corrected chi connectivity index (χ4v) is 30.5. The van der Waals surface area contributed by atoms with Crippen LogP contribution in [0.5, 0.6) is 0 Å². The summed E-state index contributed by atoms with van der Waals surface area (Å²) in [4.78, 5) is 5.27. The highest BCUT2D eigenvalue weighted by Crippen LogP contribution is 2.34. The van der Waals surface area contributed by atoms with Gasteiger partial charge in [-0.05, 0) is 0 Å². The third-order valence-corrected chi connectivity index (χ3v) is 22.4. The molecule has 0 radical (unpaired) electrons. The Morgan fingerprint density at radius 2 is 0.800 bits per heavy atom. The van der Waals surface area contributed by atoms with Crippen molar-refractivity contribution in [3.05, 3.63) is 0 Å². The zero-order valence-electron chi connectivity index (χ0n) is 19.7. The van der Waals surface area contributed by atoms with Gasteiger partial charge in [0.15, 0.2) is 0 Å². The second-order valence-electron chi connectivity index (χ2n) is 11.9. The second kappa shape index (κ2) is 8.20.